The standard InChI is InChI=1S/C13H19NO2/c1-2-7-14-10-16-12-8-11-5-3-4-6-13(11)15-9-12/h3-6,12,14H,2,7-10H2,1H3. The molecule has 0 bridgehead atoms. The predicted molar refractivity (Wildman–Crippen MR) is 63.7 cm³/mol. The Bertz CT molecular complexity index is 327. The van der Waals surface area contributed by atoms with Gasteiger partial charge in [-0.25, -0.2) is 0 Å². The molecule has 0 fully saturated rings. The van der Waals surface area contributed by atoms with Crippen LogP contribution in [0.15, 0.2) is 24.3 Å². The highest BCUT2D eigenvalue weighted by atomic mass is 16.5. The first-order valence-electron chi connectivity index (χ1n) is 5.93. The van der Waals surface area contributed by atoms with Crippen LogP contribution >= 0.6 is 0 Å². The first-order chi connectivity index (χ1) is 7.90. The largest absolute Gasteiger partial charge is 0.491 e. The maximum absolute atomic E-state index is 5.71. The van der Waals surface area contributed by atoms with E-state index in [-0.39, 0.29) is 6.10 Å². The van der Waals surface area contributed by atoms with Crippen molar-refractivity contribution in [3.63, 3.8) is 0 Å². The summed E-state index contributed by atoms with van der Waals surface area (Å²) in [6, 6.07) is 8.16. The topological polar surface area (TPSA) is 30.5 Å². The average molecular weight is 221 g/mol. The van der Waals surface area contributed by atoms with Crippen LogP contribution in [0.2, 0.25) is 0 Å². The molecule has 0 spiro atoms. The van der Waals surface area contributed by atoms with Gasteiger partial charge in [0.05, 0.1) is 12.8 Å². The molecule has 1 atom stereocenters. The summed E-state index contributed by atoms with van der Waals surface area (Å²) in [6.07, 6.45) is 2.26. The number of nitrogens with one attached hydrogen (secondary N) is 1. The summed E-state index contributed by atoms with van der Waals surface area (Å²) in [5.41, 5.74) is 1.24. The van der Waals surface area contributed by atoms with Crippen LogP contribution in [0.3, 0.4) is 0 Å². The van der Waals surface area contributed by atoms with Crippen molar-refractivity contribution >= 4 is 0 Å². The van der Waals surface area contributed by atoms with E-state index >= 15 is 0 Å². The van der Waals surface area contributed by atoms with Crippen LogP contribution in [-0.4, -0.2) is 26.0 Å². The molecule has 1 aliphatic rings. The van der Waals surface area contributed by atoms with Gasteiger partial charge >= 0.3 is 0 Å². The Morgan fingerprint density at radius 2 is 2.31 bits per heavy atom. The second kappa shape index (κ2) is 5.87. The molecule has 0 radical (unpaired) electrons. The van der Waals surface area contributed by atoms with E-state index in [0.717, 1.165) is 25.1 Å². The molecule has 1 N–H and O–H groups in total. The summed E-state index contributed by atoms with van der Waals surface area (Å²) >= 11 is 0. The van der Waals surface area contributed by atoms with E-state index in [4.69, 9.17) is 9.47 Å². The van der Waals surface area contributed by atoms with Gasteiger partial charge in [-0.15, -0.1) is 0 Å². The van der Waals surface area contributed by atoms with E-state index in [2.05, 4.69) is 18.3 Å². The molecule has 16 heavy (non-hydrogen) atoms. The fourth-order valence-electron chi connectivity index (χ4n) is 1.83. The Balaban J connectivity index is 1.79. The van der Waals surface area contributed by atoms with E-state index in [1.54, 1.807) is 0 Å². The van der Waals surface area contributed by atoms with Crippen LogP contribution in [0.5, 0.6) is 5.75 Å². The molecule has 88 valence electrons. The van der Waals surface area contributed by atoms with Crippen molar-refractivity contribution in [2.24, 2.45) is 0 Å². The zero-order chi connectivity index (χ0) is 11.2. The Morgan fingerprint density at radius 1 is 1.44 bits per heavy atom. The van der Waals surface area contributed by atoms with Gasteiger partial charge in [-0.05, 0) is 24.6 Å². The summed E-state index contributed by atoms with van der Waals surface area (Å²) in [6.45, 7) is 4.42. The normalized spacial score (nSPS) is 18.9. The maximum atomic E-state index is 5.71. The molecule has 1 aromatic carbocycles. The Hall–Kier alpha value is -1.06. The smallest absolute Gasteiger partial charge is 0.122 e. The molecule has 2 rings (SSSR count). The van der Waals surface area contributed by atoms with Gasteiger partial charge in [0, 0.05) is 6.42 Å². The van der Waals surface area contributed by atoms with E-state index in [1.165, 1.54) is 5.56 Å². The molecule has 0 saturated heterocycles. The Labute approximate surface area is 96.8 Å². The lowest BCUT2D eigenvalue weighted by Crippen LogP contribution is -2.32. The second-order valence-corrected chi connectivity index (χ2v) is 4.06. The quantitative estimate of drug-likeness (QED) is 0.609. The zero-order valence-electron chi connectivity index (χ0n) is 9.74. The van der Waals surface area contributed by atoms with Crippen LogP contribution in [0.1, 0.15) is 18.9 Å². The average Bonchev–Trinajstić information content (AvgIpc) is 2.34. The summed E-state index contributed by atoms with van der Waals surface area (Å²) in [5, 5.41) is 3.23. The van der Waals surface area contributed by atoms with Gasteiger partial charge < -0.3 is 9.47 Å². The van der Waals surface area contributed by atoms with Gasteiger partial charge in [-0.1, -0.05) is 25.1 Å². The first-order valence-corrected chi connectivity index (χ1v) is 5.93. The minimum Gasteiger partial charge on any atom is -0.491 e. The molecule has 3 heteroatoms. The van der Waals surface area contributed by atoms with Crippen LogP contribution < -0.4 is 10.1 Å². The third kappa shape index (κ3) is 2.97. The molecule has 0 amide bonds. The Morgan fingerprint density at radius 3 is 3.19 bits per heavy atom. The molecule has 0 saturated carbocycles. The van der Waals surface area contributed by atoms with Crippen molar-refractivity contribution in [2.75, 3.05) is 19.9 Å². The van der Waals surface area contributed by atoms with Gasteiger partial charge in [-0.3, -0.25) is 5.32 Å². The molecule has 3 nitrogen and oxygen atoms in total. The fourth-order valence-corrected chi connectivity index (χ4v) is 1.83. The van der Waals surface area contributed by atoms with E-state index in [1.807, 2.05) is 18.2 Å². The molecule has 1 unspecified atom stereocenters. The van der Waals surface area contributed by atoms with Gasteiger partial charge in [0.1, 0.15) is 12.4 Å². The third-order valence-electron chi connectivity index (χ3n) is 2.69. The van der Waals surface area contributed by atoms with E-state index in [0.29, 0.717) is 13.3 Å². The second-order valence-electron chi connectivity index (χ2n) is 4.06. The number of rotatable bonds is 5. The lowest BCUT2D eigenvalue weighted by Gasteiger charge is -2.25. The maximum Gasteiger partial charge on any atom is 0.122 e. The highest BCUT2D eigenvalue weighted by Gasteiger charge is 2.19. The van der Waals surface area contributed by atoms with Crippen LogP contribution in [0.25, 0.3) is 0 Å². The summed E-state index contributed by atoms with van der Waals surface area (Å²) in [7, 11) is 0. The van der Waals surface area contributed by atoms with Gasteiger partial charge in [0.15, 0.2) is 0 Å². The molecular weight excluding hydrogens is 202 g/mol. The van der Waals surface area contributed by atoms with Crippen molar-refractivity contribution < 1.29 is 9.47 Å². The highest BCUT2D eigenvalue weighted by Crippen LogP contribution is 2.24. The fraction of sp³-hybridized carbons (Fsp3) is 0.538. The number of ether oxygens (including phenoxy) is 2. The summed E-state index contributed by atoms with van der Waals surface area (Å²) in [4.78, 5) is 0. The molecule has 1 aliphatic heterocycles. The van der Waals surface area contributed by atoms with Gasteiger partial charge in [-0.2, -0.15) is 0 Å². The van der Waals surface area contributed by atoms with Crippen LogP contribution in [0, 0.1) is 0 Å². The molecule has 0 aliphatic carbocycles. The number of hydrogen-bond donors (Lipinski definition) is 1. The molecule has 1 heterocycles. The van der Waals surface area contributed by atoms with E-state index in [9.17, 15) is 0 Å². The lowest BCUT2D eigenvalue weighted by molar-refractivity contribution is 0.00230. The minimum absolute atomic E-state index is 0.180. The highest BCUT2D eigenvalue weighted by molar-refractivity contribution is 5.35. The number of fused-ring (bicyclic) bond motifs is 1. The van der Waals surface area contributed by atoms with Gasteiger partial charge in [0.2, 0.25) is 0 Å². The third-order valence-corrected chi connectivity index (χ3v) is 2.69. The van der Waals surface area contributed by atoms with Crippen molar-refractivity contribution in [3.8, 4) is 5.75 Å². The summed E-state index contributed by atoms with van der Waals surface area (Å²) < 4.78 is 11.3. The van der Waals surface area contributed by atoms with E-state index < -0.39 is 0 Å². The molecular formula is C13H19NO2. The summed E-state index contributed by atoms with van der Waals surface area (Å²) in [5.74, 6) is 1.00. The lowest BCUT2D eigenvalue weighted by atomic mass is 10.0. The number of benzene rings is 1. The Kier molecular flexibility index (Phi) is 4.19. The number of hydrogen-bond acceptors (Lipinski definition) is 3. The van der Waals surface area contributed by atoms with Crippen molar-refractivity contribution in [1.82, 2.24) is 5.32 Å². The molecule has 1 aromatic rings. The van der Waals surface area contributed by atoms with Gasteiger partial charge in [0.25, 0.3) is 0 Å². The predicted octanol–water partition coefficient (Wildman–Crippen LogP) is 1.96. The SMILES string of the molecule is CCCNCOC1COc2ccccc2C1. The molecule has 0 aromatic heterocycles. The zero-order valence-corrected chi connectivity index (χ0v) is 9.74. The first kappa shape index (κ1) is 11.4. The minimum atomic E-state index is 0.180. The van der Waals surface area contributed by atoms with Crippen molar-refractivity contribution in [2.45, 2.75) is 25.9 Å². The number of para-hydroxylation sites is 1. The van der Waals surface area contributed by atoms with Crippen LogP contribution in [-0.2, 0) is 11.2 Å². The van der Waals surface area contributed by atoms with Crippen LogP contribution in [0.4, 0.5) is 0 Å². The monoisotopic (exact) mass is 221 g/mol. The van der Waals surface area contributed by atoms with Crippen molar-refractivity contribution in [3.05, 3.63) is 29.8 Å². The van der Waals surface area contributed by atoms with Crippen molar-refractivity contribution in [1.29, 1.82) is 0 Å².